The van der Waals surface area contributed by atoms with Gasteiger partial charge in [0.15, 0.2) is 5.78 Å². The summed E-state index contributed by atoms with van der Waals surface area (Å²) in [6.07, 6.45) is -3.68. The first-order valence-corrected chi connectivity index (χ1v) is 14.4. The third kappa shape index (κ3) is 9.75. The number of aliphatic hydroxyl groups excluding tert-OH is 1. The van der Waals surface area contributed by atoms with E-state index in [9.17, 15) is 28.7 Å². The molecule has 0 aliphatic carbocycles. The van der Waals surface area contributed by atoms with Gasteiger partial charge >= 0.3 is 18.2 Å². The Labute approximate surface area is 266 Å². The van der Waals surface area contributed by atoms with Crippen LogP contribution >= 0.6 is 11.6 Å². The van der Waals surface area contributed by atoms with Gasteiger partial charge in [-0.15, -0.1) is 0 Å². The second-order valence-electron chi connectivity index (χ2n) is 11.2. The number of anilines is 2. The van der Waals surface area contributed by atoms with Crippen molar-refractivity contribution in [2.24, 2.45) is 0 Å². The molecule has 1 unspecified atom stereocenters. The second-order valence-corrected chi connectivity index (χ2v) is 11.7. The second kappa shape index (κ2) is 15.0. The molecule has 240 valence electrons. The zero-order valence-corrected chi connectivity index (χ0v) is 26.6. The van der Waals surface area contributed by atoms with Gasteiger partial charge in [0.2, 0.25) is 6.29 Å². The summed E-state index contributed by atoms with van der Waals surface area (Å²) in [6.45, 7) is 9.10. The number of aliphatic hydroxyl groups is 1. The Balaban J connectivity index is 1.81. The minimum absolute atomic E-state index is 0.0605. The average molecular weight is 643 g/mol. The molecule has 45 heavy (non-hydrogen) atoms. The molecule has 0 aliphatic heterocycles. The van der Waals surface area contributed by atoms with Crippen LogP contribution in [0.15, 0.2) is 60.7 Å². The Bertz CT molecular complexity index is 1570. The van der Waals surface area contributed by atoms with Gasteiger partial charge in [0, 0.05) is 18.1 Å². The fourth-order valence-electron chi connectivity index (χ4n) is 4.30. The molecule has 0 saturated heterocycles. The number of hydrogen-bond donors (Lipinski definition) is 2. The summed E-state index contributed by atoms with van der Waals surface area (Å²) in [4.78, 5) is 52.4. The Morgan fingerprint density at radius 3 is 2.24 bits per heavy atom. The van der Waals surface area contributed by atoms with Crippen LogP contribution in [0.5, 0.6) is 0 Å². The van der Waals surface area contributed by atoms with Crippen molar-refractivity contribution in [3.8, 4) is 0 Å². The maximum Gasteiger partial charge on any atom is 0.422 e. The van der Waals surface area contributed by atoms with Crippen molar-refractivity contribution in [2.75, 3.05) is 11.5 Å². The van der Waals surface area contributed by atoms with E-state index >= 15 is 0 Å². The monoisotopic (exact) mass is 642 g/mol. The van der Waals surface area contributed by atoms with Gasteiger partial charge in [0.1, 0.15) is 11.4 Å². The van der Waals surface area contributed by atoms with Gasteiger partial charge < -0.3 is 24.6 Å². The molecule has 0 aromatic heterocycles. The quantitative estimate of drug-likeness (QED) is 0.141. The highest BCUT2D eigenvalue weighted by Gasteiger charge is 2.28. The molecule has 0 bridgehead atoms. The number of nitrogens with one attached hydrogen (secondary N) is 1. The predicted molar refractivity (Wildman–Crippen MR) is 166 cm³/mol. The van der Waals surface area contributed by atoms with Crippen LogP contribution in [-0.2, 0) is 19.0 Å². The number of esters is 1. The van der Waals surface area contributed by atoms with Gasteiger partial charge in [-0.25, -0.2) is 18.9 Å². The smallest absolute Gasteiger partial charge is 0.422 e. The van der Waals surface area contributed by atoms with Crippen LogP contribution in [0, 0.1) is 19.7 Å². The highest BCUT2D eigenvalue weighted by Crippen LogP contribution is 2.34. The van der Waals surface area contributed by atoms with E-state index in [0.717, 1.165) is 16.5 Å². The molecule has 3 rings (SSSR count). The lowest BCUT2D eigenvalue weighted by Crippen LogP contribution is -2.42. The fraction of sp³-hybridized carbons (Fsp3) is 0.333. The van der Waals surface area contributed by atoms with Crippen molar-refractivity contribution in [3.05, 3.63) is 93.8 Å². The van der Waals surface area contributed by atoms with Crippen LogP contribution < -0.4 is 10.2 Å². The molecule has 10 nitrogen and oxygen atoms in total. The molecule has 12 heteroatoms. The lowest BCUT2D eigenvalue weighted by atomic mass is 9.99. The average Bonchev–Trinajstić information content (AvgIpc) is 2.92. The molecule has 2 amide bonds. The third-order valence-electron chi connectivity index (χ3n) is 6.35. The summed E-state index contributed by atoms with van der Waals surface area (Å²) in [5, 5.41) is 12.0. The van der Waals surface area contributed by atoms with Crippen LogP contribution in [0.25, 0.3) is 0 Å². The van der Waals surface area contributed by atoms with Gasteiger partial charge in [-0.2, -0.15) is 0 Å². The normalized spacial score (nSPS) is 12.5. The van der Waals surface area contributed by atoms with E-state index in [0.29, 0.717) is 11.1 Å². The zero-order chi connectivity index (χ0) is 33.5. The number of hydrogen-bond acceptors (Lipinski definition) is 8. The Hall–Kier alpha value is -4.48. The summed E-state index contributed by atoms with van der Waals surface area (Å²) >= 11 is 6.55. The topological polar surface area (TPSA) is 131 Å². The van der Waals surface area contributed by atoms with Crippen molar-refractivity contribution >= 4 is 46.9 Å². The predicted octanol–water partition coefficient (Wildman–Crippen LogP) is 6.77. The number of nitrogens with zero attached hydrogens (tertiary/aromatic N) is 1. The summed E-state index contributed by atoms with van der Waals surface area (Å²) < 4.78 is 29.7. The lowest BCUT2D eigenvalue weighted by molar-refractivity contribution is -0.165. The van der Waals surface area contributed by atoms with Crippen molar-refractivity contribution < 1.29 is 42.9 Å². The van der Waals surface area contributed by atoms with E-state index < -0.39 is 54.9 Å². The Morgan fingerprint density at radius 2 is 1.64 bits per heavy atom. The molecular weight excluding hydrogens is 607 g/mol. The van der Waals surface area contributed by atoms with E-state index in [1.807, 2.05) is 6.07 Å². The number of ketones is 1. The van der Waals surface area contributed by atoms with Gasteiger partial charge in [-0.05, 0) is 82.1 Å². The molecule has 3 aromatic rings. The number of alkyl carbamates (subject to hydrolysis) is 1. The largest absolute Gasteiger partial charge is 0.444 e. The van der Waals surface area contributed by atoms with Crippen LogP contribution in [-0.4, -0.2) is 53.6 Å². The molecule has 0 fully saturated rings. The number of halogens is 2. The van der Waals surface area contributed by atoms with Crippen molar-refractivity contribution in [2.45, 2.75) is 65.9 Å². The third-order valence-corrected chi connectivity index (χ3v) is 6.66. The van der Waals surface area contributed by atoms with Crippen LogP contribution in [0.3, 0.4) is 0 Å². The molecular formula is C33H36ClFN2O8. The van der Waals surface area contributed by atoms with E-state index in [-0.39, 0.29) is 27.7 Å². The minimum Gasteiger partial charge on any atom is -0.444 e. The first-order valence-electron chi connectivity index (χ1n) is 14.1. The molecule has 0 radical (unpaired) electrons. The van der Waals surface area contributed by atoms with Crippen molar-refractivity contribution in [1.82, 2.24) is 5.32 Å². The number of carbonyl (C=O) groups is 4. The van der Waals surface area contributed by atoms with Gasteiger partial charge in [0.25, 0.3) is 0 Å². The van der Waals surface area contributed by atoms with Gasteiger partial charge in [-0.3, -0.25) is 9.59 Å². The first kappa shape index (κ1) is 35.0. The standard InChI is InChI=1S/C33H36ClFN2O8/c1-19-9-7-8-10-25(19)30(40)26-13-12-24(17-27(26)34)37(28-14-11-22(35)15-20(28)2)32(42)44-21(3)43-29(39)16-23(18-38)36-31(41)45-33(4,5)6/h7-15,17,21,23,38H,16,18H2,1-6H3,(H,36,41)/t21?,23-/m0/s1. The summed E-state index contributed by atoms with van der Waals surface area (Å²) in [6, 6.07) is 14.2. The number of amides is 2. The first-order chi connectivity index (χ1) is 21.1. The Morgan fingerprint density at radius 1 is 0.956 bits per heavy atom. The highest BCUT2D eigenvalue weighted by atomic mass is 35.5. The number of rotatable bonds is 10. The van der Waals surface area contributed by atoms with Crippen LogP contribution in [0.1, 0.15) is 61.2 Å². The maximum atomic E-state index is 14.0. The van der Waals surface area contributed by atoms with E-state index in [2.05, 4.69) is 5.32 Å². The molecule has 0 aliphatic rings. The van der Waals surface area contributed by atoms with Crippen molar-refractivity contribution in [3.63, 3.8) is 0 Å². The lowest BCUT2D eigenvalue weighted by Gasteiger charge is -2.26. The van der Waals surface area contributed by atoms with Gasteiger partial charge in [-0.1, -0.05) is 35.9 Å². The number of aryl methyl sites for hydroxylation is 2. The SMILES string of the molecule is Cc1ccccc1C(=O)c1ccc(N(C(=O)OC(C)OC(=O)C[C@@H](CO)NC(=O)OC(C)(C)C)c2ccc(F)cc2C)cc1Cl. The molecule has 3 aromatic carbocycles. The van der Waals surface area contributed by atoms with Gasteiger partial charge in [0.05, 0.1) is 35.5 Å². The molecule has 2 atom stereocenters. The highest BCUT2D eigenvalue weighted by molar-refractivity contribution is 6.35. The molecule has 0 spiro atoms. The van der Waals surface area contributed by atoms with E-state index in [1.165, 1.54) is 37.3 Å². The number of benzene rings is 3. The molecule has 0 heterocycles. The van der Waals surface area contributed by atoms with Crippen LogP contribution in [0.2, 0.25) is 5.02 Å². The molecule has 0 saturated carbocycles. The zero-order valence-electron chi connectivity index (χ0n) is 25.9. The maximum absolute atomic E-state index is 14.0. The van der Waals surface area contributed by atoms with Crippen molar-refractivity contribution in [1.29, 1.82) is 0 Å². The number of carbonyl (C=O) groups excluding carboxylic acids is 4. The Kier molecular flexibility index (Phi) is 11.7. The van der Waals surface area contributed by atoms with Crippen LogP contribution in [0.4, 0.5) is 25.4 Å². The summed E-state index contributed by atoms with van der Waals surface area (Å²) in [5.74, 6) is -1.71. The number of ether oxygens (including phenoxy) is 3. The summed E-state index contributed by atoms with van der Waals surface area (Å²) in [5.41, 5.74) is 1.48. The van der Waals surface area contributed by atoms with E-state index in [1.54, 1.807) is 52.8 Å². The minimum atomic E-state index is -1.41. The molecule has 2 N–H and O–H groups in total. The summed E-state index contributed by atoms with van der Waals surface area (Å²) in [7, 11) is 0. The fourth-order valence-corrected chi connectivity index (χ4v) is 4.56. The van der Waals surface area contributed by atoms with E-state index in [4.69, 9.17) is 25.8 Å².